The second-order valence-corrected chi connectivity index (χ2v) is 18.3. The van der Waals surface area contributed by atoms with E-state index in [0.29, 0.717) is 61.4 Å². The van der Waals surface area contributed by atoms with Gasteiger partial charge in [0.05, 0.1) is 13.1 Å². The minimum atomic E-state index is -1.22. The van der Waals surface area contributed by atoms with Gasteiger partial charge in [-0.15, -0.1) is 0 Å². The van der Waals surface area contributed by atoms with Crippen LogP contribution in [0.3, 0.4) is 0 Å². The van der Waals surface area contributed by atoms with Gasteiger partial charge in [0, 0.05) is 22.9 Å². The van der Waals surface area contributed by atoms with Gasteiger partial charge in [0.1, 0.15) is 5.41 Å². The fourth-order valence-corrected chi connectivity index (χ4v) is 7.66. The number of carbonyl (C=O) groups excluding carboxylic acids is 2. The van der Waals surface area contributed by atoms with E-state index in [1.54, 1.807) is 0 Å². The van der Waals surface area contributed by atoms with E-state index >= 15 is 0 Å². The van der Waals surface area contributed by atoms with Crippen LogP contribution in [0, 0.1) is 40.9 Å². The summed E-state index contributed by atoms with van der Waals surface area (Å²) < 4.78 is 0. The lowest BCUT2D eigenvalue weighted by atomic mass is 9.74. The van der Waals surface area contributed by atoms with E-state index in [0.717, 1.165) is 47.9 Å². The van der Waals surface area contributed by atoms with Gasteiger partial charge in [0.2, 0.25) is 11.8 Å². The molecule has 2 aromatic rings. The number of azide groups is 2. The molecular weight excluding hydrogens is 709 g/mol. The van der Waals surface area contributed by atoms with E-state index in [2.05, 4.69) is 86.1 Å². The van der Waals surface area contributed by atoms with Crippen molar-refractivity contribution in [3.05, 3.63) is 91.7 Å². The van der Waals surface area contributed by atoms with Crippen molar-refractivity contribution in [2.24, 2.45) is 51.2 Å². The first kappa shape index (κ1) is 49.1. The van der Waals surface area contributed by atoms with Crippen LogP contribution >= 0.6 is 0 Å². The number of hydrogen-bond acceptors (Lipinski definition) is 4. The average Bonchev–Trinajstić information content (AvgIpc) is 3.18. The van der Waals surface area contributed by atoms with E-state index < -0.39 is 5.41 Å². The van der Waals surface area contributed by atoms with Gasteiger partial charge in [0.25, 0.3) is 0 Å². The van der Waals surface area contributed by atoms with Gasteiger partial charge < -0.3 is 10.6 Å². The molecule has 0 atom stereocenters. The van der Waals surface area contributed by atoms with Gasteiger partial charge in [-0.2, -0.15) is 0 Å². The monoisotopic (exact) mass is 785 g/mol. The number of hydrogen-bond donors (Lipinski definition) is 2. The lowest BCUT2D eigenvalue weighted by molar-refractivity contribution is -0.145. The Balaban J connectivity index is 2.47. The van der Waals surface area contributed by atoms with Crippen molar-refractivity contribution < 1.29 is 9.59 Å². The molecule has 10 nitrogen and oxygen atoms in total. The Morgan fingerprint density at radius 1 is 0.509 bits per heavy atom. The number of carbonyl (C=O) groups is 2. The summed E-state index contributed by atoms with van der Waals surface area (Å²) in [6, 6.07) is 15.4. The van der Waals surface area contributed by atoms with Crippen LogP contribution < -0.4 is 10.6 Å². The van der Waals surface area contributed by atoms with Crippen molar-refractivity contribution in [1.82, 2.24) is 10.6 Å². The highest BCUT2D eigenvalue weighted by molar-refractivity contribution is 6.05. The van der Waals surface area contributed by atoms with Crippen LogP contribution in [0.25, 0.3) is 20.9 Å². The Hall–Kier alpha value is -4.00. The standard InChI is InChI=1S/C47H76N8O2/c1-35(2)13-17-39(18-14-36(3)4)11-9-29-47(30-10-12-40(19-15-37(5)6)20-16-38(7)8,45(56)50-31-41-21-25-43(26-22-41)33-52-54-48)46(57)51-32-42-23-27-44(28-24-42)34-53-55-49/h21-28,35-40H,9-20,29-34H2,1-8H3,(H,50,56)(H,51,57). The topological polar surface area (TPSA) is 156 Å². The Bertz CT molecular complexity index is 1380. The molecule has 57 heavy (non-hydrogen) atoms. The molecule has 0 spiro atoms. The third kappa shape index (κ3) is 20.3. The zero-order chi connectivity index (χ0) is 42.1. The molecule has 0 fully saturated rings. The van der Waals surface area contributed by atoms with Crippen molar-refractivity contribution in [3.8, 4) is 0 Å². The molecule has 0 heterocycles. The predicted octanol–water partition coefficient (Wildman–Crippen LogP) is 13.5. The first-order valence-electron chi connectivity index (χ1n) is 22.0. The molecule has 0 aliphatic heterocycles. The Labute approximate surface area is 345 Å². The number of nitrogens with one attached hydrogen (secondary N) is 2. The molecule has 0 aromatic heterocycles. The molecular formula is C47H76N8O2. The normalized spacial score (nSPS) is 11.8. The maximum atomic E-state index is 14.8. The van der Waals surface area contributed by atoms with Gasteiger partial charge >= 0.3 is 0 Å². The molecule has 0 unspecified atom stereocenters. The van der Waals surface area contributed by atoms with Crippen LogP contribution in [0.2, 0.25) is 0 Å². The molecule has 2 N–H and O–H groups in total. The Kier molecular flexibility index (Phi) is 23.8. The van der Waals surface area contributed by atoms with Crippen LogP contribution in [0.1, 0.15) is 168 Å². The maximum absolute atomic E-state index is 14.8. The van der Waals surface area contributed by atoms with E-state index in [1.807, 2.05) is 48.5 Å². The summed E-state index contributed by atoms with van der Waals surface area (Å²) in [6.45, 7) is 19.5. The van der Waals surface area contributed by atoms with E-state index in [-0.39, 0.29) is 24.9 Å². The van der Waals surface area contributed by atoms with Gasteiger partial charge in [-0.3, -0.25) is 9.59 Å². The summed E-state index contributed by atoms with van der Waals surface area (Å²) in [6.07, 6.45) is 14.1. The summed E-state index contributed by atoms with van der Waals surface area (Å²) in [4.78, 5) is 35.3. The number of benzene rings is 2. The number of amides is 2. The summed E-state index contributed by atoms with van der Waals surface area (Å²) >= 11 is 0. The third-order valence-electron chi connectivity index (χ3n) is 11.5. The molecule has 2 aromatic carbocycles. The average molecular weight is 785 g/mol. The first-order chi connectivity index (χ1) is 27.3. The predicted molar refractivity (Wildman–Crippen MR) is 236 cm³/mol. The van der Waals surface area contributed by atoms with E-state index in [9.17, 15) is 9.59 Å². The number of nitrogens with zero attached hydrogens (tertiary/aromatic N) is 6. The molecule has 0 saturated carbocycles. The summed E-state index contributed by atoms with van der Waals surface area (Å²) in [7, 11) is 0. The molecule has 0 aliphatic carbocycles. The quantitative estimate of drug-likeness (QED) is 0.0350. The second kappa shape index (κ2) is 27.6. The maximum Gasteiger partial charge on any atom is 0.235 e. The smallest absolute Gasteiger partial charge is 0.235 e. The van der Waals surface area contributed by atoms with Gasteiger partial charge in [-0.25, -0.2) is 0 Å². The SMILES string of the molecule is CC(C)CCC(CCCC(CCCC(CCC(C)C)CCC(C)C)(C(=O)NCc1ccc(CN=[N+]=[N-])cc1)C(=O)NCc1ccc(CN=[N+]=[N-])cc1)CCC(C)C. The number of rotatable bonds is 30. The molecule has 316 valence electrons. The van der Waals surface area contributed by atoms with E-state index in [1.165, 1.54) is 51.4 Å². The van der Waals surface area contributed by atoms with Crippen molar-refractivity contribution in [2.75, 3.05) is 0 Å². The molecule has 0 bridgehead atoms. The minimum absolute atomic E-state index is 0.204. The summed E-state index contributed by atoms with van der Waals surface area (Å²) in [5.74, 6) is 3.30. The highest BCUT2D eigenvalue weighted by Crippen LogP contribution is 2.37. The van der Waals surface area contributed by atoms with Crippen molar-refractivity contribution in [1.29, 1.82) is 0 Å². The van der Waals surface area contributed by atoms with Crippen LogP contribution in [0.5, 0.6) is 0 Å². The highest BCUT2D eigenvalue weighted by Gasteiger charge is 2.45. The van der Waals surface area contributed by atoms with Crippen LogP contribution in [0.4, 0.5) is 0 Å². The molecule has 10 heteroatoms. The molecule has 0 radical (unpaired) electrons. The molecule has 2 amide bonds. The first-order valence-corrected chi connectivity index (χ1v) is 22.0. The lowest BCUT2D eigenvalue weighted by Gasteiger charge is -2.33. The fraction of sp³-hybridized carbons (Fsp3) is 0.702. The molecule has 0 saturated heterocycles. The largest absolute Gasteiger partial charge is 0.351 e. The minimum Gasteiger partial charge on any atom is -0.351 e. The van der Waals surface area contributed by atoms with Crippen LogP contribution in [0.15, 0.2) is 58.8 Å². The van der Waals surface area contributed by atoms with Crippen LogP contribution in [-0.2, 0) is 35.8 Å². The molecule has 0 aliphatic rings. The molecule has 2 rings (SSSR count). The Morgan fingerprint density at radius 2 is 0.807 bits per heavy atom. The van der Waals surface area contributed by atoms with Crippen LogP contribution in [-0.4, -0.2) is 11.8 Å². The van der Waals surface area contributed by atoms with Gasteiger partial charge in [0.15, 0.2) is 0 Å². The van der Waals surface area contributed by atoms with Gasteiger partial charge in [-0.05, 0) is 81.7 Å². The lowest BCUT2D eigenvalue weighted by Crippen LogP contribution is -2.51. The van der Waals surface area contributed by atoms with Crippen molar-refractivity contribution in [2.45, 2.75) is 171 Å². The zero-order valence-corrected chi connectivity index (χ0v) is 36.8. The zero-order valence-electron chi connectivity index (χ0n) is 36.8. The third-order valence-corrected chi connectivity index (χ3v) is 11.5. The summed E-state index contributed by atoms with van der Waals surface area (Å²) in [5, 5.41) is 13.8. The summed E-state index contributed by atoms with van der Waals surface area (Å²) in [5.41, 5.74) is 19.9. The van der Waals surface area contributed by atoms with E-state index in [4.69, 9.17) is 11.1 Å². The van der Waals surface area contributed by atoms with Crippen molar-refractivity contribution in [3.63, 3.8) is 0 Å². The highest BCUT2D eigenvalue weighted by atomic mass is 16.2. The fourth-order valence-electron chi connectivity index (χ4n) is 7.66. The Morgan fingerprint density at radius 3 is 1.09 bits per heavy atom. The second-order valence-electron chi connectivity index (χ2n) is 18.3. The van der Waals surface area contributed by atoms with Gasteiger partial charge in [-0.1, -0.05) is 191 Å². The van der Waals surface area contributed by atoms with Crippen molar-refractivity contribution >= 4 is 11.8 Å².